The molecule has 1 aromatic carbocycles. The van der Waals surface area contributed by atoms with Crippen molar-refractivity contribution in [2.75, 3.05) is 13.1 Å². The molecule has 0 aliphatic carbocycles. The highest BCUT2D eigenvalue weighted by atomic mass is 16.2. The summed E-state index contributed by atoms with van der Waals surface area (Å²) in [6.45, 7) is 2.89. The highest BCUT2D eigenvalue weighted by Crippen LogP contribution is 2.14. The molecule has 1 aromatic rings. The van der Waals surface area contributed by atoms with Crippen LogP contribution >= 0.6 is 0 Å². The number of amides is 1. The van der Waals surface area contributed by atoms with Crippen molar-refractivity contribution in [1.29, 1.82) is 0 Å². The Labute approximate surface area is 119 Å². The van der Waals surface area contributed by atoms with Crippen LogP contribution in [0.2, 0.25) is 0 Å². The van der Waals surface area contributed by atoms with E-state index in [9.17, 15) is 9.59 Å². The molecular formula is C16H22N2O2. The Kier molecular flexibility index (Phi) is 5.30. The smallest absolute Gasteiger partial charge is 0.237 e. The maximum absolute atomic E-state index is 11.9. The summed E-state index contributed by atoms with van der Waals surface area (Å²) in [5.74, 6) is 0.175. The first-order valence-corrected chi connectivity index (χ1v) is 7.22. The first-order chi connectivity index (χ1) is 9.66. The van der Waals surface area contributed by atoms with E-state index in [4.69, 9.17) is 0 Å². The van der Waals surface area contributed by atoms with E-state index in [1.54, 1.807) is 6.92 Å². The molecule has 1 heterocycles. The van der Waals surface area contributed by atoms with Crippen molar-refractivity contribution in [1.82, 2.24) is 10.6 Å². The molecular weight excluding hydrogens is 252 g/mol. The van der Waals surface area contributed by atoms with Crippen LogP contribution < -0.4 is 10.6 Å². The summed E-state index contributed by atoms with van der Waals surface area (Å²) >= 11 is 0. The van der Waals surface area contributed by atoms with Crippen LogP contribution in [0.15, 0.2) is 30.3 Å². The largest absolute Gasteiger partial charge is 0.355 e. The van der Waals surface area contributed by atoms with E-state index in [2.05, 4.69) is 22.8 Å². The summed E-state index contributed by atoms with van der Waals surface area (Å²) in [5.41, 5.74) is 1.29. The molecule has 0 bridgehead atoms. The van der Waals surface area contributed by atoms with Gasteiger partial charge in [0.1, 0.15) is 5.78 Å². The molecule has 4 nitrogen and oxygen atoms in total. The molecule has 2 rings (SSSR count). The average Bonchev–Trinajstić information content (AvgIpc) is 2.94. The van der Waals surface area contributed by atoms with Crippen molar-refractivity contribution in [2.45, 2.75) is 32.2 Å². The topological polar surface area (TPSA) is 58.2 Å². The van der Waals surface area contributed by atoms with E-state index in [0.717, 1.165) is 12.8 Å². The number of aryl methyl sites for hydroxylation is 1. The Hall–Kier alpha value is -1.68. The number of Topliss-reactive ketones (excluding diaryl/α,β-unsaturated/α-hetero) is 1. The fourth-order valence-electron chi connectivity index (χ4n) is 2.52. The number of carbonyl (C=O) groups excluding carboxylic acids is 2. The molecule has 1 saturated heterocycles. The van der Waals surface area contributed by atoms with E-state index >= 15 is 0 Å². The van der Waals surface area contributed by atoms with Gasteiger partial charge in [-0.3, -0.25) is 9.59 Å². The zero-order valence-electron chi connectivity index (χ0n) is 11.9. The third-order valence-electron chi connectivity index (χ3n) is 3.81. The normalized spacial score (nSPS) is 21.6. The monoisotopic (exact) mass is 274 g/mol. The lowest BCUT2D eigenvalue weighted by Crippen LogP contribution is -2.40. The third-order valence-corrected chi connectivity index (χ3v) is 3.81. The number of nitrogens with one attached hydrogen (secondary N) is 2. The molecule has 0 spiro atoms. The molecule has 20 heavy (non-hydrogen) atoms. The lowest BCUT2D eigenvalue weighted by Gasteiger charge is -2.11. The Morgan fingerprint density at radius 1 is 1.30 bits per heavy atom. The van der Waals surface area contributed by atoms with Gasteiger partial charge in [0, 0.05) is 19.0 Å². The molecule has 1 aliphatic rings. The molecule has 4 heteroatoms. The summed E-state index contributed by atoms with van der Waals surface area (Å²) in [5, 5.41) is 6.06. The lowest BCUT2D eigenvalue weighted by atomic mass is 10.0. The van der Waals surface area contributed by atoms with Crippen molar-refractivity contribution in [3.05, 3.63) is 35.9 Å². The molecule has 0 radical (unpaired) electrons. The Morgan fingerprint density at radius 3 is 2.70 bits per heavy atom. The predicted molar refractivity (Wildman–Crippen MR) is 78.4 cm³/mol. The molecule has 1 fully saturated rings. The molecule has 2 atom stereocenters. The number of benzene rings is 1. The second kappa shape index (κ2) is 7.20. The Balaban J connectivity index is 1.65. The minimum absolute atomic E-state index is 0.00457. The van der Waals surface area contributed by atoms with Crippen LogP contribution in [0.1, 0.15) is 25.3 Å². The standard InChI is InChI=1S/C16H22N2O2/c1-12(19)14-10-15(18-11-14)16(20)17-9-5-8-13-6-3-2-4-7-13/h2-4,6-7,14-15,18H,5,8-11H2,1H3,(H,17,20). The summed E-state index contributed by atoms with van der Waals surface area (Å²) in [7, 11) is 0. The van der Waals surface area contributed by atoms with Crippen LogP contribution in [0.3, 0.4) is 0 Å². The molecule has 2 N–H and O–H groups in total. The van der Waals surface area contributed by atoms with E-state index in [1.807, 2.05) is 18.2 Å². The van der Waals surface area contributed by atoms with E-state index < -0.39 is 0 Å². The van der Waals surface area contributed by atoms with Gasteiger partial charge in [-0.1, -0.05) is 30.3 Å². The zero-order chi connectivity index (χ0) is 14.4. The van der Waals surface area contributed by atoms with Crippen LogP contribution in [-0.2, 0) is 16.0 Å². The fourth-order valence-corrected chi connectivity index (χ4v) is 2.52. The fraction of sp³-hybridized carbons (Fsp3) is 0.500. The molecule has 2 unspecified atom stereocenters. The maximum Gasteiger partial charge on any atom is 0.237 e. The van der Waals surface area contributed by atoms with Gasteiger partial charge < -0.3 is 10.6 Å². The lowest BCUT2D eigenvalue weighted by molar-refractivity contribution is -0.123. The van der Waals surface area contributed by atoms with E-state index in [0.29, 0.717) is 19.5 Å². The number of carbonyl (C=O) groups is 2. The van der Waals surface area contributed by atoms with Crippen molar-refractivity contribution >= 4 is 11.7 Å². The Morgan fingerprint density at radius 2 is 2.05 bits per heavy atom. The summed E-state index contributed by atoms with van der Waals surface area (Å²) in [6.07, 6.45) is 2.52. The third kappa shape index (κ3) is 4.17. The van der Waals surface area contributed by atoms with E-state index in [-0.39, 0.29) is 23.7 Å². The molecule has 1 amide bonds. The second-order valence-electron chi connectivity index (χ2n) is 5.38. The first kappa shape index (κ1) is 14.7. The average molecular weight is 274 g/mol. The Bertz CT molecular complexity index is 459. The molecule has 0 aromatic heterocycles. The van der Waals surface area contributed by atoms with E-state index in [1.165, 1.54) is 5.56 Å². The van der Waals surface area contributed by atoms with Crippen LogP contribution in [0.5, 0.6) is 0 Å². The predicted octanol–water partition coefficient (Wildman–Crippen LogP) is 1.30. The maximum atomic E-state index is 11.9. The number of ketones is 1. The van der Waals surface area contributed by atoms with Gasteiger partial charge in [0.2, 0.25) is 5.91 Å². The SMILES string of the molecule is CC(=O)C1CNC(C(=O)NCCCc2ccccc2)C1. The van der Waals surface area contributed by atoms with Gasteiger partial charge in [0.15, 0.2) is 0 Å². The van der Waals surface area contributed by atoms with Gasteiger partial charge in [-0.2, -0.15) is 0 Å². The van der Waals surface area contributed by atoms with Gasteiger partial charge in [0.25, 0.3) is 0 Å². The second-order valence-corrected chi connectivity index (χ2v) is 5.38. The highest BCUT2D eigenvalue weighted by Gasteiger charge is 2.31. The van der Waals surface area contributed by atoms with Gasteiger partial charge in [-0.15, -0.1) is 0 Å². The van der Waals surface area contributed by atoms with Gasteiger partial charge in [0.05, 0.1) is 6.04 Å². The van der Waals surface area contributed by atoms with Crippen LogP contribution in [0.4, 0.5) is 0 Å². The van der Waals surface area contributed by atoms with Crippen LogP contribution in [0.25, 0.3) is 0 Å². The summed E-state index contributed by atoms with van der Waals surface area (Å²) in [6, 6.07) is 10.0. The van der Waals surface area contributed by atoms with Crippen molar-refractivity contribution in [3.63, 3.8) is 0 Å². The number of hydrogen-bond donors (Lipinski definition) is 2. The first-order valence-electron chi connectivity index (χ1n) is 7.22. The van der Waals surface area contributed by atoms with Crippen molar-refractivity contribution in [3.8, 4) is 0 Å². The van der Waals surface area contributed by atoms with Gasteiger partial charge in [-0.25, -0.2) is 0 Å². The minimum atomic E-state index is -0.208. The number of hydrogen-bond acceptors (Lipinski definition) is 3. The van der Waals surface area contributed by atoms with Crippen molar-refractivity contribution in [2.24, 2.45) is 5.92 Å². The summed E-state index contributed by atoms with van der Waals surface area (Å²) in [4.78, 5) is 23.2. The summed E-state index contributed by atoms with van der Waals surface area (Å²) < 4.78 is 0. The molecule has 108 valence electrons. The highest BCUT2D eigenvalue weighted by molar-refractivity contribution is 5.85. The minimum Gasteiger partial charge on any atom is -0.355 e. The van der Waals surface area contributed by atoms with Gasteiger partial charge in [-0.05, 0) is 31.7 Å². The van der Waals surface area contributed by atoms with Gasteiger partial charge >= 0.3 is 0 Å². The van der Waals surface area contributed by atoms with Crippen LogP contribution in [0, 0.1) is 5.92 Å². The quantitative estimate of drug-likeness (QED) is 0.769. The number of rotatable bonds is 6. The molecule has 1 aliphatic heterocycles. The molecule has 0 saturated carbocycles. The van der Waals surface area contributed by atoms with Crippen molar-refractivity contribution < 1.29 is 9.59 Å². The van der Waals surface area contributed by atoms with Crippen LogP contribution in [-0.4, -0.2) is 30.8 Å². The zero-order valence-corrected chi connectivity index (χ0v) is 11.9.